The minimum atomic E-state index is -5.80. The second kappa shape index (κ2) is 4.65. The van der Waals surface area contributed by atoms with Crippen LogP contribution < -0.4 is 0 Å². The molecule has 1 rings (SSSR count). The number of ether oxygens (including phenoxy) is 1. The van der Waals surface area contributed by atoms with Crippen molar-refractivity contribution in [2.24, 2.45) is 0 Å². The molecule has 0 radical (unpaired) electrons. The number of halogens is 5. The van der Waals surface area contributed by atoms with Crippen LogP contribution in [-0.4, -0.2) is 30.6 Å². The molecule has 2 nitrogen and oxygen atoms in total. The number of ketones is 1. The maximum absolute atomic E-state index is 12.5. The smallest absolute Gasteiger partial charge is 0.378 e. The van der Waals surface area contributed by atoms with Crippen LogP contribution in [0.25, 0.3) is 0 Å². The quantitative estimate of drug-likeness (QED) is 0.713. The number of rotatable bonds is 4. The number of alkyl halides is 5. The average molecular weight is 246 g/mol. The standard InChI is InChI=1S/C9H11F5O2/c10-8(11,9(12,13)14)7(15)4-3-6-2-1-5-16-6/h6H,1-5H2. The largest absolute Gasteiger partial charge is 0.461 e. The van der Waals surface area contributed by atoms with E-state index in [1.54, 1.807) is 0 Å². The fraction of sp³-hybridized carbons (Fsp3) is 0.889. The number of carbonyl (C=O) groups excluding carboxylic acids is 1. The van der Waals surface area contributed by atoms with Crippen molar-refractivity contribution in [1.82, 2.24) is 0 Å². The van der Waals surface area contributed by atoms with Crippen molar-refractivity contribution in [2.45, 2.75) is 43.9 Å². The van der Waals surface area contributed by atoms with E-state index in [2.05, 4.69) is 0 Å². The Balaban J connectivity index is 2.45. The minimum Gasteiger partial charge on any atom is -0.378 e. The van der Waals surface area contributed by atoms with Crippen LogP contribution in [0.1, 0.15) is 25.7 Å². The predicted molar refractivity (Wildman–Crippen MR) is 44.2 cm³/mol. The second-order valence-corrected chi connectivity index (χ2v) is 3.67. The molecule has 1 saturated heterocycles. The topological polar surface area (TPSA) is 26.3 Å². The Hall–Kier alpha value is -0.720. The van der Waals surface area contributed by atoms with Gasteiger partial charge in [0.1, 0.15) is 0 Å². The zero-order valence-electron chi connectivity index (χ0n) is 8.32. The van der Waals surface area contributed by atoms with E-state index in [1.807, 2.05) is 0 Å². The maximum Gasteiger partial charge on any atom is 0.461 e. The van der Waals surface area contributed by atoms with Gasteiger partial charge >= 0.3 is 12.1 Å². The molecule has 1 aliphatic rings. The van der Waals surface area contributed by atoms with Crippen LogP contribution in [0.15, 0.2) is 0 Å². The van der Waals surface area contributed by atoms with Crippen LogP contribution in [-0.2, 0) is 9.53 Å². The molecule has 0 saturated carbocycles. The van der Waals surface area contributed by atoms with Gasteiger partial charge < -0.3 is 4.74 Å². The summed E-state index contributed by atoms with van der Waals surface area (Å²) in [7, 11) is 0. The molecule has 0 aromatic rings. The van der Waals surface area contributed by atoms with Crippen molar-refractivity contribution in [3.8, 4) is 0 Å². The van der Waals surface area contributed by atoms with Crippen LogP contribution in [0.3, 0.4) is 0 Å². The fourth-order valence-electron chi connectivity index (χ4n) is 1.48. The van der Waals surface area contributed by atoms with Gasteiger partial charge in [-0.25, -0.2) is 0 Å². The lowest BCUT2D eigenvalue weighted by Crippen LogP contribution is -2.44. The van der Waals surface area contributed by atoms with Gasteiger partial charge in [-0.3, -0.25) is 4.79 Å². The molecule has 0 amide bonds. The molecule has 0 bridgehead atoms. The SMILES string of the molecule is O=C(CCC1CCCO1)C(F)(F)C(F)(F)F. The predicted octanol–water partition coefficient (Wildman–Crippen LogP) is 2.71. The van der Waals surface area contributed by atoms with Crippen molar-refractivity contribution in [3.63, 3.8) is 0 Å². The van der Waals surface area contributed by atoms with Gasteiger partial charge in [0.15, 0.2) is 0 Å². The molecule has 7 heteroatoms. The molecule has 0 aliphatic carbocycles. The Morgan fingerprint density at radius 2 is 1.88 bits per heavy atom. The molecule has 1 fully saturated rings. The minimum absolute atomic E-state index is 0.0789. The van der Waals surface area contributed by atoms with Gasteiger partial charge in [0, 0.05) is 13.0 Å². The molecule has 94 valence electrons. The highest BCUT2D eigenvalue weighted by Crippen LogP contribution is 2.37. The maximum atomic E-state index is 12.5. The third kappa shape index (κ3) is 2.90. The molecule has 16 heavy (non-hydrogen) atoms. The van der Waals surface area contributed by atoms with Crippen molar-refractivity contribution < 1.29 is 31.5 Å². The first kappa shape index (κ1) is 13.3. The first-order valence-electron chi connectivity index (χ1n) is 4.84. The lowest BCUT2D eigenvalue weighted by molar-refractivity contribution is -0.268. The van der Waals surface area contributed by atoms with E-state index in [0.717, 1.165) is 6.42 Å². The zero-order chi connectivity index (χ0) is 12.4. The Bertz CT molecular complexity index is 255. The van der Waals surface area contributed by atoms with Gasteiger partial charge in [-0.15, -0.1) is 0 Å². The summed E-state index contributed by atoms with van der Waals surface area (Å²) in [5, 5.41) is 0. The summed E-state index contributed by atoms with van der Waals surface area (Å²) in [6.07, 6.45) is -5.71. The molecule has 0 spiro atoms. The zero-order valence-corrected chi connectivity index (χ0v) is 8.32. The molecule has 0 aromatic carbocycles. The number of carbonyl (C=O) groups is 1. The molecule has 1 unspecified atom stereocenters. The molecule has 0 N–H and O–H groups in total. The van der Waals surface area contributed by atoms with E-state index in [-0.39, 0.29) is 12.5 Å². The monoisotopic (exact) mass is 246 g/mol. The van der Waals surface area contributed by atoms with E-state index in [9.17, 15) is 26.7 Å². The normalized spacial score (nSPS) is 22.4. The highest BCUT2D eigenvalue weighted by Gasteiger charge is 2.62. The molecular formula is C9H11F5O2. The lowest BCUT2D eigenvalue weighted by Gasteiger charge is -2.18. The van der Waals surface area contributed by atoms with E-state index in [0.29, 0.717) is 13.0 Å². The van der Waals surface area contributed by atoms with Crippen LogP contribution in [0.4, 0.5) is 22.0 Å². The number of hydrogen-bond acceptors (Lipinski definition) is 2. The summed E-state index contributed by atoms with van der Waals surface area (Å²) in [4.78, 5) is 10.7. The summed E-state index contributed by atoms with van der Waals surface area (Å²) in [6, 6.07) is 0. The Kier molecular flexibility index (Phi) is 3.88. The summed E-state index contributed by atoms with van der Waals surface area (Å²) in [5.41, 5.74) is 0. The van der Waals surface area contributed by atoms with Crippen molar-refractivity contribution in [3.05, 3.63) is 0 Å². The van der Waals surface area contributed by atoms with Crippen molar-refractivity contribution in [1.29, 1.82) is 0 Å². The fourth-order valence-corrected chi connectivity index (χ4v) is 1.48. The van der Waals surface area contributed by atoms with Crippen molar-refractivity contribution >= 4 is 5.78 Å². The van der Waals surface area contributed by atoms with Gasteiger partial charge in [0.05, 0.1) is 6.10 Å². The van der Waals surface area contributed by atoms with Crippen molar-refractivity contribution in [2.75, 3.05) is 6.61 Å². The van der Waals surface area contributed by atoms with Gasteiger partial charge in [-0.1, -0.05) is 0 Å². The van der Waals surface area contributed by atoms with Crippen LogP contribution in [0.5, 0.6) is 0 Å². The second-order valence-electron chi connectivity index (χ2n) is 3.67. The third-order valence-corrected chi connectivity index (χ3v) is 2.42. The van der Waals surface area contributed by atoms with E-state index >= 15 is 0 Å². The highest BCUT2D eigenvalue weighted by molar-refractivity contribution is 5.86. The molecule has 1 aliphatic heterocycles. The molecular weight excluding hydrogens is 235 g/mol. The summed E-state index contributed by atoms with van der Waals surface area (Å²) in [5.74, 6) is -7.33. The van der Waals surface area contributed by atoms with E-state index in [1.165, 1.54) is 0 Å². The molecule has 1 heterocycles. The lowest BCUT2D eigenvalue weighted by atomic mass is 10.0. The third-order valence-electron chi connectivity index (χ3n) is 2.42. The van der Waals surface area contributed by atoms with Gasteiger partial charge in [0.25, 0.3) is 0 Å². The summed E-state index contributed by atoms with van der Waals surface area (Å²) >= 11 is 0. The first-order chi connectivity index (χ1) is 7.25. The summed E-state index contributed by atoms with van der Waals surface area (Å²) in [6.45, 7) is 0.467. The van der Waals surface area contributed by atoms with Gasteiger partial charge in [-0.05, 0) is 19.3 Å². The number of Topliss-reactive ketones (excluding diaryl/α,β-unsaturated/α-hetero) is 1. The molecule has 1 atom stereocenters. The van der Waals surface area contributed by atoms with Crippen LogP contribution in [0.2, 0.25) is 0 Å². The Morgan fingerprint density at radius 3 is 2.31 bits per heavy atom. The van der Waals surface area contributed by atoms with Crippen LogP contribution >= 0.6 is 0 Å². The Labute approximate surface area is 88.8 Å². The van der Waals surface area contributed by atoms with E-state index in [4.69, 9.17) is 4.74 Å². The van der Waals surface area contributed by atoms with E-state index < -0.39 is 24.3 Å². The molecule has 0 aromatic heterocycles. The summed E-state index contributed by atoms with van der Waals surface area (Å²) < 4.78 is 65.3. The van der Waals surface area contributed by atoms with Gasteiger partial charge in [0.2, 0.25) is 5.78 Å². The average Bonchev–Trinajstić information content (AvgIpc) is 2.64. The first-order valence-corrected chi connectivity index (χ1v) is 4.84. The highest BCUT2D eigenvalue weighted by atomic mass is 19.4. The Morgan fingerprint density at radius 1 is 1.25 bits per heavy atom. The van der Waals surface area contributed by atoms with Crippen LogP contribution in [0, 0.1) is 0 Å². The van der Waals surface area contributed by atoms with Gasteiger partial charge in [-0.2, -0.15) is 22.0 Å². The number of hydrogen-bond donors (Lipinski definition) is 0.